The summed E-state index contributed by atoms with van der Waals surface area (Å²) < 4.78 is 19.9. The normalized spacial score (nSPS) is 17.6. The predicted molar refractivity (Wildman–Crippen MR) is 122 cm³/mol. The number of carbonyl (C=O) groups is 1. The molecule has 3 heteroatoms. The SMILES string of the molecule is CC#Cc1ccc(C#Cc2ccc(OC(=O)[C@H]3CC[C@H](CCCC)CC3)cc2F)cc1. The topological polar surface area (TPSA) is 26.3 Å². The second-order valence-corrected chi connectivity index (χ2v) is 8.12. The van der Waals surface area contributed by atoms with Crippen LogP contribution in [0.25, 0.3) is 0 Å². The maximum atomic E-state index is 14.5. The molecule has 1 fully saturated rings. The Labute approximate surface area is 185 Å². The van der Waals surface area contributed by atoms with Crippen molar-refractivity contribution in [1.82, 2.24) is 0 Å². The Morgan fingerprint density at radius 2 is 1.68 bits per heavy atom. The number of halogens is 1. The zero-order valence-electron chi connectivity index (χ0n) is 18.3. The van der Waals surface area contributed by atoms with Gasteiger partial charge in [0.25, 0.3) is 0 Å². The minimum atomic E-state index is -0.491. The first-order chi connectivity index (χ1) is 15.1. The fourth-order valence-electron chi connectivity index (χ4n) is 3.96. The van der Waals surface area contributed by atoms with Gasteiger partial charge in [0.05, 0.1) is 11.5 Å². The van der Waals surface area contributed by atoms with E-state index in [1.807, 2.05) is 24.3 Å². The molecule has 0 aliphatic heterocycles. The number of rotatable bonds is 5. The van der Waals surface area contributed by atoms with Crippen molar-refractivity contribution in [2.75, 3.05) is 0 Å². The Balaban J connectivity index is 1.57. The summed E-state index contributed by atoms with van der Waals surface area (Å²) in [4.78, 5) is 12.5. The summed E-state index contributed by atoms with van der Waals surface area (Å²) in [5.74, 6) is 11.8. The van der Waals surface area contributed by atoms with Gasteiger partial charge in [-0.25, -0.2) is 4.39 Å². The Bertz CT molecular complexity index is 1010. The van der Waals surface area contributed by atoms with Gasteiger partial charge >= 0.3 is 5.97 Å². The molecule has 2 aromatic rings. The van der Waals surface area contributed by atoms with Crippen molar-refractivity contribution in [2.24, 2.45) is 11.8 Å². The van der Waals surface area contributed by atoms with Crippen molar-refractivity contribution in [3.05, 3.63) is 65.0 Å². The van der Waals surface area contributed by atoms with Crippen LogP contribution in [0.2, 0.25) is 0 Å². The third-order valence-electron chi connectivity index (χ3n) is 5.80. The van der Waals surface area contributed by atoms with Crippen molar-refractivity contribution in [3.63, 3.8) is 0 Å². The molecule has 1 saturated carbocycles. The summed E-state index contributed by atoms with van der Waals surface area (Å²) >= 11 is 0. The molecule has 0 amide bonds. The van der Waals surface area contributed by atoms with E-state index in [-0.39, 0.29) is 23.2 Å². The molecule has 0 radical (unpaired) electrons. The van der Waals surface area contributed by atoms with Gasteiger partial charge in [-0.2, -0.15) is 0 Å². The van der Waals surface area contributed by atoms with Crippen LogP contribution in [0.4, 0.5) is 4.39 Å². The molecule has 0 spiro atoms. The first-order valence-corrected chi connectivity index (χ1v) is 11.1. The second kappa shape index (κ2) is 11.4. The Morgan fingerprint density at radius 1 is 1.00 bits per heavy atom. The zero-order chi connectivity index (χ0) is 22.1. The summed E-state index contributed by atoms with van der Waals surface area (Å²) in [7, 11) is 0. The fourth-order valence-corrected chi connectivity index (χ4v) is 3.96. The highest BCUT2D eigenvalue weighted by atomic mass is 19.1. The molecular formula is C28H29FO2. The van der Waals surface area contributed by atoms with Gasteiger partial charge in [-0.1, -0.05) is 43.9 Å². The summed E-state index contributed by atoms with van der Waals surface area (Å²) in [6.45, 7) is 4.00. The predicted octanol–water partition coefficient (Wildman–Crippen LogP) is 6.50. The largest absolute Gasteiger partial charge is 0.426 e. The molecule has 0 bridgehead atoms. The third-order valence-corrected chi connectivity index (χ3v) is 5.80. The van der Waals surface area contributed by atoms with Crippen molar-refractivity contribution < 1.29 is 13.9 Å². The summed E-state index contributed by atoms with van der Waals surface area (Å²) in [6, 6.07) is 11.9. The number of hydrogen-bond acceptors (Lipinski definition) is 2. The lowest BCUT2D eigenvalue weighted by atomic mass is 9.80. The highest BCUT2D eigenvalue weighted by Gasteiger charge is 2.27. The zero-order valence-corrected chi connectivity index (χ0v) is 18.3. The van der Waals surface area contributed by atoms with Crippen LogP contribution in [0.15, 0.2) is 42.5 Å². The van der Waals surface area contributed by atoms with E-state index in [2.05, 4.69) is 30.6 Å². The monoisotopic (exact) mass is 416 g/mol. The van der Waals surface area contributed by atoms with E-state index < -0.39 is 5.82 Å². The van der Waals surface area contributed by atoms with Crippen molar-refractivity contribution >= 4 is 5.97 Å². The number of ether oxygens (including phenoxy) is 1. The lowest BCUT2D eigenvalue weighted by molar-refractivity contribution is -0.140. The number of carbonyl (C=O) groups excluding carboxylic acids is 1. The number of hydrogen-bond donors (Lipinski definition) is 0. The van der Waals surface area contributed by atoms with Gasteiger partial charge in [-0.05, 0) is 74.9 Å². The van der Waals surface area contributed by atoms with Gasteiger partial charge in [-0.15, -0.1) is 5.92 Å². The molecular weight excluding hydrogens is 387 g/mol. The van der Waals surface area contributed by atoms with Gasteiger partial charge in [0.15, 0.2) is 0 Å². The minimum absolute atomic E-state index is 0.0826. The molecule has 2 aromatic carbocycles. The maximum absolute atomic E-state index is 14.5. The van der Waals surface area contributed by atoms with E-state index >= 15 is 0 Å². The average molecular weight is 417 g/mol. The van der Waals surface area contributed by atoms with Gasteiger partial charge < -0.3 is 4.74 Å². The molecule has 0 N–H and O–H groups in total. The van der Waals surface area contributed by atoms with E-state index in [9.17, 15) is 9.18 Å². The minimum Gasteiger partial charge on any atom is -0.426 e. The van der Waals surface area contributed by atoms with Gasteiger partial charge in [0.1, 0.15) is 11.6 Å². The smallest absolute Gasteiger partial charge is 0.314 e. The van der Waals surface area contributed by atoms with E-state index in [0.29, 0.717) is 0 Å². The lowest BCUT2D eigenvalue weighted by Gasteiger charge is -2.27. The summed E-state index contributed by atoms with van der Waals surface area (Å²) in [5, 5.41) is 0. The van der Waals surface area contributed by atoms with Crippen LogP contribution >= 0.6 is 0 Å². The van der Waals surface area contributed by atoms with Crippen LogP contribution < -0.4 is 4.74 Å². The van der Waals surface area contributed by atoms with Crippen LogP contribution in [0, 0.1) is 41.3 Å². The highest BCUT2D eigenvalue weighted by molar-refractivity contribution is 5.75. The molecule has 0 heterocycles. The van der Waals surface area contributed by atoms with Crippen LogP contribution in [-0.2, 0) is 4.79 Å². The van der Waals surface area contributed by atoms with Crippen LogP contribution in [0.5, 0.6) is 5.75 Å². The highest BCUT2D eigenvalue weighted by Crippen LogP contribution is 2.33. The van der Waals surface area contributed by atoms with Crippen molar-refractivity contribution in [1.29, 1.82) is 0 Å². The van der Waals surface area contributed by atoms with E-state index in [1.165, 1.54) is 25.3 Å². The lowest BCUT2D eigenvalue weighted by Crippen LogP contribution is -2.25. The van der Waals surface area contributed by atoms with Gasteiger partial charge in [-0.3, -0.25) is 4.79 Å². The fraction of sp³-hybridized carbons (Fsp3) is 0.393. The van der Waals surface area contributed by atoms with Crippen LogP contribution in [0.1, 0.15) is 75.5 Å². The Hall–Kier alpha value is -3.04. The molecule has 31 heavy (non-hydrogen) atoms. The van der Waals surface area contributed by atoms with Crippen LogP contribution in [-0.4, -0.2) is 5.97 Å². The standard InChI is InChI=1S/C28H29FO2/c1-3-5-7-22-13-16-25(17-14-22)28(30)31-26-19-18-24(27(29)20-26)15-12-23-10-8-21(6-4-2)9-11-23/h8-11,18-20,22,25H,3,5,7,13-14,16-17H2,1-2H3/t22-,25-. The molecule has 160 valence electrons. The molecule has 1 aliphatic carbocycles. The quantitative estimate of drug-likeness (QED) is 0.316. The van der Waals surface area contributed by atoms with E-state index in [4.69, 9.17) is 4.74 Å². The van der Waals surface area contributed by atoms with Crippen molar-refractivity contribution in [3.8, 4) is 29.4 Å². The van der Waals surface area contributed by atoms with Crippen molar-refractivity contribution in [2.45, 2.75) is 58.8 Å². The summed E-state index contributed by atoms with van der Waals surface area (Å²) in [6.07, 6.45) is 7.61. The first-order valence-electron chi connectivity index (χ1n) is 11.1. The third kappa shape index (κ3) is 6.73. The molecule has 0 saturated heterocycles. The number of benzene rings is 2. The summed E-state index contributed by atoms with van der Waals surface area (Å²) in [5.41, 5.74) is 1.97. The Morgan fingerprint density at radius 3 is 2.29 bits per heavy atom. The van der Waals surface area contributed by atoms with Crippen LogP contribution in [0.3, 0.4) is 0 Å². The molecule has 0 atom stereocenters. The molecule has 3 rings (SSSR count). The number of esters is 1. The first kappa shape index (κ1) is 22.6. The molecule has 2 nitrogen and oxygen atoms in total. The second-order valence-electron chi connectivity index (χ2n) is 8.12. The van der Waals surface area contributed by atoms with Gasteiger partial charge in [0.2, 0.25) is 0 Å². The van der Waals surface area contributed by atoms with E-state index in [0.717, 1.165) is 42.7 Å². The maximum Gasteiger partial charge on any atom is 0.314 e. The Kier molecular flexibility index (Phi) is 8.31. The molecule has 1 aliphatic rings. The van der Waals surface area contributed by atoms with Gasteiger partial charge in [0, 0.05) is 17.2 Å². The number of unbranched alkanes of at least 4 members (excludes halogenated alkanes) is 1. The van der Waals surface area contributed by atoms with E-state index in [1.54, 1.807) is 19.1 Å². The average Bonchev–Trinajstić information content (AvgIpc) is 2.78. The molecule has 0 unspecified atom stereocenters. The molecule has 0 aromatic heterocycles.